The molecule has 2 amide bonds. The third kappa shape index (κ3) is 2.54. The van der Waals surface area contributed by atoms with Crippen molar-refractivity contribution in [2.45, 2.75) is 13.0 Å². The lowest BCUT2D eigenvalue weighted by molar-refractivity contribution is -0.139. The van der Waals surface area contributed by atoms with Crippen molar-refractivity contribution in [2.75, 3.05) is 13.1 Å². The lowest BCUT2D eigenvalue weighted by Gasteiger charge is -2.31. The van der Waals surface area contributed by atoms with Crippen LogP contribution < -0.4 is 5.32 Å². The van der Waals surface area contributed by atoms with Gasteiger partial charge in [-0.1, -0.05) is 11.6 Å². The lowest BCUT2D eigenvalue weighted by atomic mass is 10.2. The summed E-state index contributed by atoms with van der Waals surface area (Å²) in [4.78, 5) is 30.3. The largest absolute Gasteiger partial charge is 0.353 e. The Kier molecular flexibility index (Phi) is 3.69. The maximum Gasteiger partial charge on any atom is 0.247 e. The molecule has 1 aliphatic rings. The second kappa shape index (κ2) is 5.50. The number of amides is 2. The molecule has 110 valence electrons. The Balaban J connectivity index is 1.82. The SMILES string of the molecule is CC1C(=O)NCCN1C(=O)C=Cc1c(Cl)nc2sccn12. The van der Waals surface area contributed by atoms with E-state index in [0.29, 0.717) is 23.9 Å². The minimum atomic E-state index is -0.460. The number of thiazole rings is 1. The number of carbonyl (C=O) groups excluding carboxylic acids is 2. The van der Waals surface area contributed by atoms with Crippen molar-refractivity contribution >= 4 is 45.8 Å². The van der Waals surface area contributed by atoms with E-state index in [1.807, 2.05) is 16.0 Å². The lowest BCUT2D eigenvalue weighted by Crippen LogP contribution is -2.55. The molecule has 0 radical (unpaired) electrons. The van der Waals surface area contributed by atoms with Crippen LogP contribution in [0.3, 0.4) is 0 Å². The fourth-order valence-corrected chi connectivity index (χ4v) is 3.26. The first kappa shape index (κ1) is 14.1. The zero-order chi connectivity index (χ0) is 15.0. The van der Waals surface area contributed by atoms with Gasteiger partial charge in [-0.15, -0.1) is 11.3 Å². The first-order chi connectivity index (χ1) is 10.1. The van der Waals surface area contributed by atoms with Crippen LogP contribution in [0.25, 0.3) is 11.0 Å². The van der Waals surface area contributed by atoms with Gasteiger partial charge in [0.05, 0.1) is 5.69 Å². The first-order valence-electron chi connectivity index (χ1n) is 6.45. The van der Waals surface area contributed by atoms with Crippen LogP contribution in [0.1, 0.15) is 12.6 Å². The summed E-state index contributed by atoms with van der Waals surface area (Å²) in [6.07, 6.45) is 4.92. The minimum Gasteiger partial charge on any atom is -0.353 e. The molecule has 1 unspecified atom stereocenters. The van der Waals surface area contributed by atoms with Gasteiger partial charge in [-0.3, -0.25) is 14.0 Å². The molecule has 3 heterocycles. The van der Waals surface area contributed by atoms with Gasteiger partial charge in [-0.05, 0) is 13.0 Å². The molecule has 21 heavy (non-hydrogen) atoms. The summed E-state index contributed by atoms with van der Waals surface area (Å²) in [5.41, 5.74) is 0.662. The number of nitrogens with one attached hydrogen (secondary N) is 1. The Labute approximate surface area is 130 Å². The van der Waals surface area contributed by atoms with Gasteiger partial charge in [0.15, 0.2) is 10.1 Å². The third-order valence-electron chi connectivity index (χ3n) is 3.42. The molecule has 0 saturated carbocycles. The van der Waals surface area contributed by atoms with Crippen molar-refractivity contribution in [1.82, 2.24) is 19.6 Å². The van der Waals surface area contributed by atoms with Crippen LogP contribution in [0.4, 0.5) is 0 Å². The number of fused-ring (bicyclic) bond motifs is 1. The summed E-state index contributed by atoms with van der Waals surface area (Å²) in [7, 11) is 0. The topological polar surface area (TPSA) is 66.7 Å². The number of hydrogen-bond acceptors (Lipinski definition) is 4. The van der Waals surface area contributed by atoms with E-state index < -0.39 is 6.04 Å². The van der Waals surface area contributed by atoms with E-state index in [9.17, 15) is 9.59 Å². The van der Waals surface area contributed by atoms with Crippen LogP contribution in [0.15, 0.2) is 17.7 Å². The zero-order valence-corrected chi connectivity index (χ0v) is 12.8. The Hall–Kier alpha value is -1.86. The summed E-state index contributed by atoms with van der Waals surface area (Å²) in [6.45, 7) is 2.69. The highest BCUT2D eigenvalue weighted by Crippen LogP contribution is 2.22. The molecule has 3 rings (SSSR count). The van der Waals surface area contributed by atoms with E-state index in [4.69, 9.17) is 11.6 Å². The van der Waals surface area contributed by atoms with Crippen molar-refractivity contribution in [3.63, 3.8) is 0 Å². The van der Waals surface area contributed by atoms with Gasteiger partial charge in [0.25, 0.3) is 0 Å². The van der Waals surface area contributed by atoms with E-state index >= 15 is 0 Å². The molecular formula is C13H13ClN4O2S. The average molecular weight is 325 g/mol. The highest BCUT2D eigenvalue weighted by molar-refractivity contribution is 7.15. The van der Waals surface area contributed by atoms with Crippen LogP contribution in [0.2, 0.25) is 5.15 Å². The number of piperazine rings is 1. The highest BCUT2D eigenvalue weighted by Gasteiger charge is 2.27. The molecule has 0 aromatic carbocycles. The van der Waals surface area contributed by atoms with Crippen LogP contribution >= 0.6 is 22.9 Å². The molecule has 6 nitrogen and oxygen atoms in total. The second-order valence-corrected chi connectivity index (χ2v) is 5.91. The molecule has 1 N–H and O–H groups in total. The maximum atomic E-state index is 12.2. The van der Waals surface area contributed by atoms with Crippen molar-refractivity contribution in [1.29, 1.82) is 0 Å². The Morgan fingerprint density at radius 3 is 3.24 bits per heavy atom. The van der Waals surface area contributed by atoms with Gasteiger partial charge < -0.3 is 10.2 Å². The fraction of sp³-hybridized carbons (Fsp3) is 0.308. The van der Waals surface area contributed by atoms with Gasteiger partial charge in [-0.2, -0.15) is 0 Å². The monoisotopic (exact) mass is 324 g/mol. The van der Waals surface area contributed by atoms with Crippen molar-refractivity contribution in [2.24, 2.45) is 0 Å². The Morgan fingerprint density at radius 1 is 1.62 bits per heavy atom. The van der Waals surface area contributed by atoms with Gasteiger partial charge in [0.1, 0.15) is 6.04 Å². The van der Waals surface area contributed by atoms with Crippen molar-refractivity contribution < 1.29 is 9.59 Å². The van der Waals surface area contributed by atoms with Gasteiger partial charge in [-0.25, -0.2) is 4.98 Å². The highest BCUT2D eigenvalue weighted by atomic mass is 35.5. The standard InChI is InChI=1S/C13H13ClN4O2S/c1-8-12(20)15-4-5-17(8)10(19)3-2-9-11(14)16-13-18(9)6-7-21-13/h2-3,6-8H,4-5H2,1H3,(H,15,20). The molecule has 0 aliphatic carbocycles. The average Bonchev–Trinajstić information content (AvgIpc) is 3.00. The van der Waals surface area contributed by atoms with Crippen LogP contribution in [0, 0.1) is 0 Å². The summed E-state index contributed by atoms with van der Waals surface area (Å²) in [5.74, 6) is -0.343. The van der Waals surface area contributed by atoms with Gasteiger partial charge >= 0.3 is 0 Å². The van der Waals surface area contributed by atoms with E-state index in [-0.39, 0.29) is 11.8 Å². The molecule has 1 saturated heterocycles. The zero-order valence-electron chi connectivity index (χ0n) is 11.2. The predicted molar refractivity (Wildman–Crippen MR) is 81.3 cm³/mol. The second-order valence-electron chi connectivity index (χ2n) is 4.68. The Bertz CT molecular complexity index is 736. The number of aromatic nitrogens is 2. The van der Waals surface area contributed by atoms with Crippen LogP contribution in [0.5, 0.6) is 0 Å². The molecule has 8 heteroatoms. The quantitative estimate of drug-likeness (QED) is 0.849. The smallest absolute Gasteiger partial charge is 0.247 e. The summed E-state index contributed by atoms with van der Waals surface area (Å²) in [5, 5.41) is 4.98. The van der Waals surface area contributed by atoms with Gasteiger partial charge in [0.2, 0.25) is 11.8 Å². The van der Waals surface area contributed by atoms with E-state index in [1.54, 1.807) is 13.0 Å². The van der Waals surface area contributed by atoms with E-state index in [2.05, 4.69) is 10.3 Å². The fourth-order valence-electron chi connectivity index (χ4n) is 2.26. The Morgan fingerprint density at radius 2 is 2.43 bits per heavy atom. The summed E-state index contributed by atoms with van der Waals surface area (Å²) in [6, 6.07) is -0.460. The van der Waals surface area contributed by atoms with Crippen molar-refractivity contribution in [3.05, 3.63) is 28.5 Å². The molecule has 0 spiro atoms. The number of nitrogens with zero attached hydrogens (tertiary/aromatic N) is 3. The number of rotatable bonds is 2. The summed E-state index contributed by atoms with van der Waals surface area (Å²) >= 11 is 7.54. The number of hydrogen-bond donors (Lipinski definition) is 1. The number of halogens is 1. The number of imidazole rings is 1. The molecule has 1 atom stereocenters. The first-order valence-corrected chi connectivity index (χ1v) is 7.71. The molecular weight excluding hydrogens is 312 g/mol. The van der Waals surface area contributed by atoms with E-state index in [0.717, 1.165) is 4.96 Å². The molecule has 1 aliphatic heterocycles. The minimum absolute atomic E-state index is 0.134. The van der Waals surface area contributed by atoms with Crippen molar-refractivity contribution in [3.8, 4) is 0 Å². The van der Waals surface area contributed by atoms with E-state index in [1.165, 1.54) is 22.3 Å². The van der Waals surface area contributed by atoms with Crippen LogP contribution in [-0.2, 0) is 9.59 Å². The molecule has 1 fully saturated rings. The predicted octanol–water partition coefficient (Wildman–Crippen LogP) is 1.41. The van der Waals surface area contributed by atoms with Crippen LogP contribution in [-0.4, -0.2) is 45.2 Å². The van der Waals surface area contributed by atoms with Gasteiger partial charge in [0, 0.05) is 30.7 Å². The third-order valence-corrected chi connectivity index (χ3v) is 4.45. The summed E-state index contributed by atoms with van der Waals surface area (Å²) < 4.78 is 1.82. The number of carbonyl (C=O) groups is 2. The molecule has 2 aromatic rings. The molecule has 0 bridgehead atoms. The molecule has 2 aromatic heterocycles. The normalized spacial score (nSPS) is 19.4. The maximum absolute atomic E-state index is 12.2.